The Bertz CT molecular complexity index is 562. The van der Waals surface area contributed by atoms with Gasteiger partial charge in [0.05, 0.1) is 15.4 Å². The summed E-state index contributed by atoms with van der Waals surface area (Å²) >= 11 is 13.1. The number of aromatic carboxylic acids is 1. The summed E-state index contributed by atoms with van der Waals surface area (Å²) in [5.41, 5.74) is 0.173. The van der Waals surface area contributed by atoms with Crippen molar-refractivity contribution in [2.24, 2.45) is 0 Å². The van der Waals surface area contributed by atoms with Gasteiger partial charge in [-0.1, -0.05) is 23.2 Å². The van der Waals surface area contributed by atoms with Gasteiger partial charge in [-0.15, -0.1) is 11.3 Å². The Hall–Kier alpha value is -0.970. The standard InChI is InChI=1S/C11H9Cl2NO2S/c1-6(9-2-3-10(13)17-9)14-5-7(12)4-8(14)11(15)16/h2-6H,1H3,(H,15,16). The number of rotatable bonds is 3. The van der Waals surface area contributed by atoms with Crippen LogP contribution < -0.4 is 0 Å². The smallest absolute Gasteiger partial charge is 0.352 e. The fourth-order valence-corrected chi connectivity index (χ4v) is 2.95. The predicted molar refractivity (Wildman–Crippen MR) is 69.5 cm³/mol. The highest BCUT2D eigenvalue weighted by Gasteiger charge is 2.18. The highest BCUT2D eigenvalue weighted by atomic mass is 35.5. The van der Waals surface area contributed by atoms with Crippen molar-refractivity contribution in [1.29, 1.82) is 0 Å². The van der Waals surface area contributed by atoms with Crippen LogP contribution in [0.2, 0.25) is 9.36 Å². The minimum absolute atomic E-state index is 0.105. The first-order valence-electron chi connectivity index (χ1n) is 4.85. The van der Waals surface area contributed by atoms with Crippen LogP contribution in [0.25, 0.3) is 0 Å². The second-order valence-corrected chi connectivity index (χ2v) is 5.76. The molecule has 2 rings (SSSR count). The van der Waals surface area contributed by atoms with Gasteiger partial charge >= 0.3 is 5.97 Å². The predicted octanol–water partition coefficient (Wildman–Crippen LogP) is 4.16. The highest BCUT2D eigenvalue weighted by molar-refractivity contribution is 7.16. The molecule has 3 nitrogen and oxygen atoms in total. The van der Waals surface area contributed by atoms with Gasteiger partial charge in [0.25, 0.3) is 0 Å². The largest absolute Gasteiger partial charge is 0.477 e. The van der Waals surface area contributed by atoms with Crippen LogP contribution in [0, 0.1) is 0 Å². The molecule has 0 saturated heterocycles. The van der Waals surface area contributed by atoms with Gasteiger partial charge < -0.3 is 9.67 Å². The van der Waals surface area contributed by atoms with Crippen molar-refractivity contribution in [2.45, 2.75) is 13.0 Å². The zero-order valence-electron chi connectivity index (χ0n) is 8.85. The first-order valence-corrected chi connectivity index (χ1v) is 6.42. The molecule has 0 aromatic carbocycles. The van der Waals surface area contributed by atoms with Crippen LogP contribution in [0.5, 0.6) is 0 Å². The molecule has 6 heteroatoms. The number of hydrogen-bond acceptors (Lipinski definition) is 2. The van der Waals surface area contributed by atoms with E-state index in [-0.39, 0.29) is 11.7 Å². The molecule has 0 radical (unpaired) electrons. The molecule has 0 amide bonds. The van der Waals surface area contributed by atoms with E-state index < -0.39 is 5.97 Å². The van der Waals surface area contributed by atoms with E-state index in [4.69, 9.17) is 28.3 Å². The van der Waals surface area contributed by atoms with Crippen molar-refractivity contribution in [3.63, 3.8) is 0 Å². The monoisotopic (exact) mass is 289 g/mol. The fourth-order valence-electron chi connectivity index (χ4n) is 1.63. The number of carboxylic acids is 1. The van der Waals surface area contributed by atoms with Crippen LogP contribution in [0.1, 0.15) is 28.3 Å². The van der Waals surface area contributed by atoms with Crippen molar-refractivity contribution in [3.05, 3.63) is 44.3 Å². The van der Waals surface area contributed by atoms with Gasteiger partial charge in [-0.3, -0.25) is 0 Å². The van der Waals surface area contributed by atoms with Crippen molar-refractivity contribution in [1.82, 2.24) is 4.57 Å². The molecule has 0 aliphatic carbocycles. The van der Waals surface area contributed by atoms with Gasteiger partial charge in [0, 0.05) is 11.1 Å². The van der Waals surface area contributed by atoms with Crippen LogP contribution >= 0.6 is 34.5 Å². The van der Waals surface area contributed by atoms with E-state index in [0.717, 1.165) is 4.88 Å². The van der Waals surface area contributed by atoms with E-state index >= 15 is 0 Å². The quantitative estimate of drug-likeness (QED) is 0.922. The van der Waals surface area contributed by atoms with E-state index in [1.165, 1.54) is 17.4 Å². The van der Waals surface area contributed by atoms with Crippen molar-refractivity contribution < 1.29 is 9.90 Å². The second kappa shape index (κ2) is 4.72. The lowest BCUT2D eigenvalue weighted by Gasteiger charge is -2.13. The first kappa shape index (κ1) is 12.5. The maximum Gasteiger partial charge on any atom is 0.352 e. The van der Waals surface area contributed by atoms with Gasteiger partial charge in [0.15, 0.2) is 0 Å². The van der Waals surface area contributed by atoms with Crippen LogP contribution in [0.15, 0.2) is 24.4 Å². The zero-order chi connectivity index (χ0) is 12.6. The van der Waals surface area contributed by atoms with Gasteiger partial charge in [-0.2, -0.15) is 0 Å². The first-order chi connectivity index (χ1) is 7.99. The molecule has 0 saturated carbocycles. The summed E-state index contributed by atoms with van der Waals surface area (Å²) in [5.74, 6) is -0.994. The second-order valence-electron chi connectivity index (χ2n) is 3.57. The Labute approximate surface area is 112 Å². The van der Waals surface area contributed by atoms with E-state index in [1.54, 1.807) is 16.8 Å². The van der Waals surface area contributed by atoms with E-state index in [9.17, 15) is 4.79 Å². The van der Waals surface area contributed by atoms with E-state index in [2.05, 4.69) is 0 Å². The molecule has 0 aliphatic rings. The lowest BCUT2D eigenvalue weighted by atomic mass is 10.2. The maximum atomic E-state index is 11.1. The third kappa shape index (κ3) is 2.49. The normalized spacial score (nSPS) is 12.6. The van der Waals surface area contributed by atoms with Crippen LogP contribution in [-0.2, 0) is 0 Å². The fraction of sp³-hybridized carbons (Fsp3) is 0.182. The summed E-state index contributed by atoms with van der Waals surface area (Å²) in [7, 11) is 0. The minimum atomic E-state index is -0.994. The number of nitrogens with zero attached hydrogens (tertiary/aromatic N) is 1. The van der Waals surface area contributed by atoms with Gasteiger partial charge in [-0.25, -0.2) is 4.79 Å². The van der Waals surface area contributed by atoms with Gasteiger partial charge in [0.2, 0.25) is 0 Å². The topological polar surface area (TPSA) is 42.2 Å². The summed E-state index contributed by atoms with van der Waals surface area (Å²) in [6, 6.07) is 5.02. The van der Waals surface area contributed by atoms with E-state index in [1.807, 2.05) is 13.0 Å². The summed E-state index contributed by atoms with van der Waals surface area (Å²) in [6.07, 6.45) is 1.61. The van der Waals surface area contributed by atoms with Crippen LogP contribution in [0.3, 0.4) is 0 Å². The average Bonchev–Trinajstić information content (AvgIpc) is 2.83. The number of thiophene rings is 1. The van der Waals surface area contributed by atoms with Crippen LogP contribution in [-0.4, -0.2) is 15.6 Å². The van der Waals surface area contributed by atoms with Gasteiger partial charge in [0.1, 0.15) is 5.69 Å². The highest BCUT2D eigenvalue weighted by Crippen LogP contribution is 2.31. The maximum absolute atomic E-state index is 11.1. The van der Waals surface area contributed by atoms with Crippen molar-refractivity contribution in [2.75, 3.05) is 0 Å². The van der Waals surface area contributed by atoms with E-state index in [0.29, 0.717) is 9.36 Å². The Morgan fingerprint density at radius 1 is 1.47 bits per heavy atom. The Kier molecular flexibility index (Phi) is 3.47. The molecular formula is C11H9Cl2NO2S. The third-order valence-corrected chi connectivity index (χ3v) is 4.07. The number of aromatic nitrogens is 1. The molecule has 2 aromatic heterocycles. The minimum Gasteiger partial charge on any atom is -0.477 e. The molecule has 0 aliphatic heterocycles. The van der Waals surface area contributed by atoms with Crippen molar-refractivity contribution >= 4 is 40.5 Å². The lowest BCUT2D eigenvalue weighted by Crippen LogP contribution is -2.11. The van der Waals surface area contributed by atoms with Crippen LogP contribution in [0.4, 0.5) is 0 Å². The molecule has 0 spiro atoms. The SMILES string of the molecule is CC(c1ccc(Cl)s1)n1cc(Cl)cc1C(=O)O. The van der Waals surface area contributed by atoms with Crippen molar-refractivity contribution in [3.8, 4) is 0 Å². The Morgan fingerprint density at radius 2 is 2.18 bits per heavy atom. The molecule has 0 fully saturated rings. The molecular weight excluding hydrogens is 281 g/mol. The molecule has 1 atom stereocenters. The summed E-state index contributed by atoms with van der Waals surface area (Å²) in [5, 5.41) is 9.49. The third-order valence-electron chi connectivity index (χ3n) is 2.46. The number of hydrogen-bond donors (Lipinski definition) is 1. The Balaban J connectivity index is 2.43. The molecule has 1 unspecified atom stereocenters. The number of carbonyl (C=O) groups is 1. The molecule has 0 bridgehead atoms. The molecule has 1 N–H and O–H groups in total. The Morgan fingerprint density at radius 3 is 2.71 bits per heavy atom. The average molecular weight is 290 g/mol. The zero-order valence-corrected chi connectivity index (χ0v) is 11.2. The number of carboxylic acid groups (broad SMARTS) is 1. The molecule has 90 valence electrons. The lowest BCUT2D eigenvalue weighted by molar-refractivity contribution is 0.0684. The number of halogens is 2. The summed E-state index contributed by atoms with van der Waals surface area (Å²) in [4.78, 5) is 12.1. The van der Waals surface area contributed by atoms with Gasteiger partial charge in [-0.05, 0) is 25.1 Å². The summed E-state index contributed by atoms with van der Waals surface area (Å²) in [6.45, 7) is 1.91. The summed E-state index contributed by atoms with van der Waals surface area (Å²) < 4.78 is 2.31. The molecule has 2 aromatic rings. The molecule has 17 heavy (non-hydrogen) atoms. The molecule has 2 heterocycles.